The maximum absolute atomic E-state index is 12.4. The lowest BCUT2D eigenvalue weighted by atomic mass is 10.1. The van der Waals surface area contributed by atoms with E-state index in [1.807, 2.05) is 49.4 Å². The molecule has 1 heterocycles. The van der Waals surface area contributed by atoms with Crippen LogP contribution >= 0.6 is 0 Å². The first kappa shape index (κ1) is 22.0. The van der Waals surface area contributed by atoms with Crippen molar-refractivity contribution >= 4 is 28.3 Å². The molecular weight excluding hydrogens is 416 g/mol. The van der Waals surface area contributed by atoms with Gasteiger partial charge in [-0.1, -0.05) is 49.4 Å². The molecule has 0 aliphatic carbocycles. The first-order valence-corrected chi connectivity index (χ1v) is 10.8. The highest BCUT2D eigenvalue weighted by atomic mass is 16.2. The van der Waals surface area contributed by atoms with Crippen molar-refractivity contribution in [2.24, 2.45) is 0 Å². The summed E-state index contributed by atoms with van der Waals surface area (Å²) < 4.78 is 0. The zero-order valence-electron chi connectivity index (χ0n) is 18.2. The van der Waals surface area contributed by atoms with Crippen molar-refractivity contribution in [2.75, 3.05) is 11.9 Å². The molecule has 33 heavy (non-hydrogen) atoms. The number of aromatic amines is 1. The second-order valence-corrected chi connectivity index (χ2v) is 7.64. The summed E-state index contributed by atoms with van der Waals surface area (Å²) in [7, 11) is 0. The highest BCUT2D eigenvalue weighted by molar-refractivity contribution is 5.99. The summed E-state index contributed by atoms with van der Waals surface area (Å²) in [5, 5.41) is 7.66. The quantitative estimate of drug-likeness (QED) is 0.405. The summed E-state index contributed by atoms with van der Waals surface area (Å²) >= 11 is 0. The third-order valence-electron chi connectivity index (χ3n) is 5.23. The number of rotatable bonds is 7. The molecule has 0 aliphatic rings. The van der Waals surface area contributed by atoms with Gasteiger partial charge in [0.1, 0.15) is 5.82 Å². The van der Waals surface area contributed by atoms with Crippen LogP contribution in [0.5, 0.6) is 0 Å². The van der Waals surface area contributed by atoms with Gasteiger partial charge in [0, 0.05) is 41.5 Å². The predicted octanol–water partition coefficient (Wildman–Crippen LogP) is 3.91. The molecule has 0 aliphatic heterocycles. The van der Waals surface area contributed by atoms with Crippen molar-refractivity contribution in [3.63, 3.8) is 0 Å². The minimum absolute atomic E-state index is 0.129. The standard InChI is InChI=1S/C26H24N4O3/c1-2-21-16-24(32)30-25(29-21)19-8-5-9-22(15-19)28-23(31)12-13-27-26(33)20-11-10-17-6-3-4-7-18(17)14-20/h3-11,14-16H,2,12-13H2,1H3,(H,27,33)(H,28,31)(H,29,30,32). The number of nitrogens with zero attached hydrogens (tertiary/aromatic N) is 1. The summed E-state index contributed by atoms with van der Waals surface area (Å²) in [6.45, 7) is 2.14. The van der Waals surface area contributed by atoms with Crippen LogP contribution in [0.2, 0.25) is 0 Å². The van der Waals surface area contributed by atoms with Gasteiger partial charge in [-0.25, -0.2) is 4.98 Å². The Hall–Kier alpha value is -4.26. The van der Waals surface area contributed by atoms with Gasteiger partial charge >= 0.3 is 0 Å². The Morgan fingerprint density at radius 2 is 1.76 bits per heavy atom. The summed E-state index contributed by atoms with van der Waals surface area (Å²) in [5.41, 5.74) is 2.32. The Bertz CT molecular complexity index is 1380. The van der Waals surface area contributed by atoms with Crippen LogP contribution in [-0.4, -0.2) is 28.3 Å². The first-order valence-electron chi connectivity index (χ1n) is 10.8. The van der Waals surface area contributed by atoms with E-state index in [-0.39, 0.29) is 30.3 Å². The molecule has 3 N–H and O–H groups in total. The SMILES string of the molecule is CCc1cc(=O)[nH]c(-c2cccc(NC(=O)CCNC(=O)c3ccc4ccccc4c3)c2)n1. The Morgan fingerprint density at radius 3 is 2.58 bits per heavy atom. The number of carbonyl (C=O) groups excluding carboxylic acids is 2. The van der Waals surface area contributed by atoms with Crippen LogP contribution in [0.4, 0.5) is 5.69 Å². The lowest BCUT2D eigenvalue weighted by Gasteiger charge is -2.09. The molecule has 0 saturated heterocycles. The molecule has 2 amide bonds. The number of aromatic nitrogens is 2. The molecule has 0 fully saturated rings. The van der Waals surface area contributed by atoms with E-state index < -0.39 is 0 Å². The molecule has 166 valence electrons. The van der Waals surface area contributed by atoms with Crippen LogP contribution in [0.3, 0.4) is 0 Å². The van der Waals surface area contributed by atoms with Crippen LogP contribution in [0, 0.1) is 0 Å². The van der Waals surface area contributed by atoms with Crippen molar-refractivity contribution in [2.45, 2.75) is 19.8 Å². The number of benzene rings is 3. The third kappa shape index (κ3) is 5.51. The Morgan fingerprint density at radius 1 is 0.939 bits per heavy atom. The van der Waals surface area contributed by atoms with Crippen molar-refractivity contribution in [1.29, 1.82) is 0 Å². The molecule has 4 aromatic rings. The molecular formula is C26H24N4O3. The van der Waals surface area contributed by atoms with Crippen LogP contribution in [0.1, 0.15) is 29.4 Å². The smallest absolute Gasteiger partial charge is 0.251 e. The number of carbonyl (C=O) groups is 2. The average molecular weight is 441 g/mol. The van der Waals surface area contributed by atoms with Gasteiger partial charge in [0.25, 0.3) is 11.5 Å². The minimum Gasteiger partial charge on any atom is -0.352 e. The summed E-state index contributed by atoms with van der Waals surface area (Å²) in [4.78, 5) is 43.8. The number of hydrogen-bond acceptors (Lipinski definition) is 4. The molecule has 0 bridgehead atoms. The van der Waals surface area contributed by atoms with Crippen molar-refractivity contribution < 1.29 is 9.59 Å². The number of fused-ring (bicyclic) bond motifs is 1. The van der Waals surface area contributed by atoms with E-state index >= 15 is 0 Å². The molecule has 0 radical (unpaired) electrons. The van der Waals surface area contributed by atoms with Gasteiger partial charge in [0.2, 0.25) is 5.91 Å². The maximum Gasteiger partial charge on any atom is 0.251 e. The van der Waals surface area contributed by atoms with Crippen LogP contribution < -0.4 is 16.2 Å². The topological polar surface area (TPSA) is 104 Å². The maximum atomic E-state index is 12.4. The minimum atomic E-state index is -0.227. The Labute approximate surface area is 190 Å². The number of nitrogens with one attached hydrogen (secondary N) is 3. The van der Waals surface area contributed by atoms with Gasteiger partial charge in [-0.3, -0.25) is 14.4 Å². The zero-order valence-corrected chi connectivity index (χ0v) is 18.2. The van der Waals surface area contributed by atoms with Gasteiger partial charge in [-0.2, -0.15) is 0 Å². The monoisotopic (exact) mass is 440 g/mol. The van der Waals surface area contributed by atoms with Gasteiger partial charge in [-0.05, 0) is 41.5 Å². The number of H-pyrrole nitrogens is 1. The zero-order chi connectivity index (χ0) is 23.2. The van der Waals surface area contributed by atoms with E-state index in [4.69, 9.17) is 0 Å². The van der Waals surface area contributed by atoms with Gasteiger partial charge in [-0.15, -0.1) is 0 Å². The fourth-order valence-corrected chi connectivity index (χ4v) is 3.52. The summed E-state index contributed by atoms with van der Waals surface area (Å²) in [6.07, 6.45) is 0.780. The summed E-state index contributed by atoms with van der Waals surface area (Å²) in [6, 6.07) is 21.9. The molecule has 7 heteroatoms. The molecule has 0 saturated carbocycles. The fraction of sp³-hybridized carbons (Fsp3) is 0.154. The number of anilines is 1. The van der Waals surface area contributed by atoms with E-state index in [2.05, 4.69) is 20.6 Å². The largest absolute Gasteiger partial charge is 0.352 e. The normalized spacial score (nSPS) is 10.7. The van der Waals surface area contributed by atoms with Crippen molar-refractivity contribution in [1.82, 2.24) is 15.3 Å². The second-order valence-electron chi connectivity index (χ2n) is 7.64. The van der Waals surface area contributed by atoms with Gasteiger partial charge in [0.15, 0.2) is 0 Å². The van der Waals surface area contributed by atoms with Crippen LogP contribution in [0.25, 0.3) is 22.2 Å². The molecule has 4 rings (SSSR count). The lowest BCUT2D eigenvalue weighted by Crippen LogP contribution is -2.27. The average Bonchev–Trinajstić information content (AvgIpc) is 2.83. The van der Waals surface area contributed by atoms with Gasteiger partial charge < -0.3 is 15.6 Å². The van der Waals surface area contributed by atoms with E-state index in [0.717, 1.165) is 10.8 Å². The van der Waals surface area contributed by atoms with E-state index in [0.29, 0.717) is 34.8 Å². The van der Waals surface area contributed by atoms with Crippen LogP contribution in [0.15, 0.2) is 77.6 Å². The first-order chi connectivity index (χ1) is 16.0. The molecule has 1 aromatic heterocycles. The van der Waals surface area contributed by atoms with Crippen molar-refractivity contribution in [3.05, 3.63) is 94.4 Å². The van der Waals surface area contributed by atoms with Gasteiger partial charge in [0.05, 0.1) is 0 Å². The van der Waals surface area contributed by atoms with E-state index in [1.165, 1.54) is 6.07 Å². The third-order valence-corrected chi connectivity index (χ3v) is 5.23. The predicted molar refractivity (Wildman–Crippen MR) is 129 cm³/mol. The Kier molecular flexibility index (Phi) is 6.59. The Balaban J connectivity index is 1.34. The molecule has 3 aromatic carbocycles. The number of aryl methyl sites for hydroxylation is 1. The number of hydrogen-bond donors (Lipinski definition) is 3. The van der Waals surface area contributed by atoms with E-state index in [9.17, 15) is 14.4 Å². The number of amides is 2. The lowest BCUT2D eigenvalue weighted by molar-refractivity contribution is -0.116. The molecule has 0 atom stereocenters. The second kappa shape index (κ2) is 9.91. The summed E-state index contributed by atoms with van der Waals surface area (Å²) in [5.74, 6) is 0.00852. The fourth-order valence-electron chi connectivity index (χ4n) is 3.52. The molecule has 7 nitrogen and oxygen atoms in total. The highest BCUT2D eigenvalue weighted by Crippen LogP contribution is 2.19. The van der Waals surface area contributed by atoms with Crippen molar-refractivity contribution in [3.8, 4) is 11.4 Å². The molecule has 0 spiro atoms. The molecule has 0 unspecified atom stereocenters. The van der Waals surface area contributed by atoms with Crippen LogP contribution in [-0.2, 0) is 11.2 Å². The van der Waals surface area contributed by atoms with E-state index in [1.54, 1.807) is 24.3 Å². The highest BCUT2D eigenvalue weighted by Gasteiger charge is 2.09.